The first kappa shape index (κ1) is 23.6. The van der Waals surface area contributed by atoms with Crippen molar-refractivity contribution >= 4 is 27.4 Å². The number of alkyl halides is 3. The number of pyridine rings is 1. The van der Waals surface area contributed by atoms with Crippen LogP contribution in [0.15, 0.2) is 70.6 Å². The maximum absolute atomic E-state index is 13.0. The minimum atomic E-state index is -4.63. The van der Waals surface area contributed by atoms with Crippen molar-refractivity contribution in [3.63, 3.8) is 0 Å². The zero-order chi connectivity index (χ0) is 23.5. The molecule has 0 saturated heterocycles. The number of hydrogen-bond donors (Lipinski definition) is 0. The Balaban J connectivity index is 2.01. The first-order valence-corrected chi connectivity index (χ1v) is 10.9. The van der Waals surface area contributed by atoms with Gasteiger partial charge in [-0.2, -0.15) is 13.2 Å². The minimum Gasteiger partial charge on any atom is -0.437 e. The molecule has 3 aromatic rings. The van der Waals surface area contributed by atoms with E-state index in [1.54, 1.807) is 18.2 Å². The van der Waals surface area contributed by atoms with E-state index in [2.05, 4.69) is 4.98 Å². The molecule has 0 aliphatic heterocycles. The summed E-state index contributed by atoms with van der Waals surface area (Å²) in [6, 6.07) is 11.7. The van der Waals surface area contributed by atoms with Crippen molar-refractivity contribution in [2.75, 3.05) is 0 Å². The number of benzene rings is 2. The molecule has 0 atom stereocenters. The van der Waals surface area contributed by atoms with E-state index in [0.717, 1.165) is 12.1 Å². The number of nitrogens with zero attached hydrogens (tertiary/aromatic N) is 1. The summed E-state index contributed by atoms with van der Waals surface area (Å²) in [6.45, 7) is 1.53. The number of esters is 1. The highest BCUT2D eigenvalue weighted by molar-refractivity contribution is 7.91. The summed E-state index contributed by atoms with van der Waals surface area (Å²) in [5, 5.41) is -0.409. The van der Waals surface area contributed by atoms with Gasteiger partial charge in [-0.3, -0.25) is 4.79 Å². The van der Waals surface area contributed by atoms with E-state index in [1.165, 1.54) is 25.1 Å². The average molecular weight is 486 g/mol. The van der Waals surface area contributed by atoms with Crippen molar-refractivity contribution < 1.29 is 35.9 Å². The van der Waals surface area contributed by atoms with E-state index in [9.17, 15) is 26.4 Å². The molecule has 0 unspecified atom stereocenters. The van der Waals surface area contributed by atoms with Gasteiger partial charge >= 0.3 is 12.1 Å². The van der Waals surface area contributed by atoms with Gasteiger partial charge in [0.2, 0.25) is 15.7 Å². The SMILES string of the molecule is CCC(=O)Oc1cc(Oc2ncc(C(F)(F)F)cc2Cl)ccc1S(=O)(=O)c1ccccc1. The van der Waals surface area contributed by atoms with Gasteiger partial charge in [-0.25, -0.2) is 13.4 Å². The highest BCUT2D eigenvalue weighted by Crippen LogP contribution is 2.37. The van der Waals surface area contributed by atoms with Crippen molar-refractivity contribution in [1.82, 2.24) is 4.98 Å². The third-order valence-corrected chi connectivity index (χ3v) is 6.20. The summed E-state index contributed by atoms with van der Waals surface area (Å²) in [4.78, 5) is 15.1. The van der Waals surface area contributed by atoms with E-state index >= 15 is 0 Å². The predicted molar refractivity (Wildman–Crippen MR) is 109 cm³/mol. The largest absolute Gasteiger partial charge is 0.437 e. The van der Waals surface area contributed by atoms with Crippen molar-refractivity contribution in [2.24, 2.45) is 0 Å². The molecule has 1 heterocycles. The van der Waals surface area contributed by atoms with Crippen LogP contribution in [0.3, 0.4) is 0 Å². The van der Waals surface area contributed by atoms with Crippen molar-refractivity contribution in [2.45, 2.75) is 29.3 Å². The molecule has 0 aliphatic rings. The van der Waals surface area contributed by atoms with E-state index < -0.39 is 32.6 Å². The Morgan fingerprint density at radius 3 is 2.38 bits per heavy atom. The molecule has 32 heavy (non-hydrogen) atoms. The summed E-state index contributed by atoms with van der Waals surface area (Å²) in [5.74, 6) is -1.39. The Kier molecular flexibility index (Phi) is 6.75. The summed E-state index contributed by atoms with van der Waals surface area (Å²) < 4.78 is 75.0. The molecule has 0 spiro atoms. The number of carbonyl (C=O) groups excluding carboxylic acids is 1. The zero-order valence-electron chi connectivity index (χ0n) is 16.4. The summed E-state index contributed by atoms with van der Waals surface area (Å²) >= 11 is 5.85. The summed E-state index contributed by atoms with van der Waals surface area (Å²) in [6.07, 6.45) is -4.11. The fraction of sp³-hybridized carbons (Fsp3) is 0.143. The van der Waals surface area contributed by atoms with Crippen LogP contribution in [0.4, 0.5) is 13.2 Å². The zero-order valence-corrected chi connectivity index (χ0v) is 18.0. The van der Waals surface area contributed by atoms with E-state index in [4.69, 9.17) is 21.1 Å². The molecule has 2 aromatic carbocycles. The van der Waals surface area contributed by atoms with Crippen LogP contribution in [0, 0.1) is 0 Å². The Morgan fingerprint density at radius 1 is 1.09 bits per heavy atom. The third kappa shape index (κ3) is 5.20. The number of rotatable bonds is 6. The van der Waals surface area contributed by atoms with Gasteiger partial charge in [0.1, 0.15) is 15.7 Å². The van der Waals surface area contributed by atoms with Gasteiger partial charge in [-0.15, -0.1) is 0 Å². The third-order valence-electron chi connectivity index (χ3n) is 4.12. The molecule has 0 bridgehead atoms. The van der Waals surface area contributed by atoms with Crippen LogP contribution in [-0.2, 0) is 20.8 Å². The lowest BCUT2D eigenvalue weighted by atomic mass is 10.3. The van der Waals surface area contributed by atoms with E-state index in [-0.39, 0.29) is 33.6 Å². The van der Waals surface area contributed by atoms with Crippen LogP contribution in [0.25, 0.3) is 0 Å². The Morgan fingerprint density at radius 2 is 1.78 bits per heavy atom. The van der Waals surface area contributed by atoms with E-state index in [1.807, 2.05) is 0 Å². The second kappa shape index (κ2) is 9.17. The molecule has 168 valence electrons. The lowest BCUT2D eigenvalue weighted by Gasteiger charge is -2.14. The number of carbonyl (C=O) groups is 1. The molecule has 0 saturated carbocycles. The Bertz CT molecular complexity index is 1250. The van der Waals surface area contributed by atoms with Gasteiger partial charge in [0.25, 0.3) is 0 Å². The molecule has 0 fully saturated rings. The second-order valence-corrected chi connectivity index (χ2v) is 8.69. The predicted octanol–water partition coefficient (Wildman–Crippen LogP) is 5.69. The lowest BCUT2D eigenvalue weighted by molar-refractivity contribution is -0.138. The van der Waals surface area contributed by atoms with Crippen molar-refractivity contribution in [3.8, 4) is 17.4 Å². The Labute approximate surface area is 186 Å². The molecule has 0 radical (unpaired) electrons. The number of sulfone groups is 1. The van der Waals surface area contributed by atoms with Crippen LogP contribution in [0.5, 0.6) is 17.4 Å². The molecule has 6 nitrogen and oxygen atoms in total. The summed E-state index contributed by atoms with van der Waals surface area (Å²) in [5.41, 5.74) is -1.06. The van der Waals surface area contributed by atoms with Gasteiger partial charge in [0.05, 0.1) is 10.5 Å². The van der Waals surface area contributed by atoms with Gasteiger partial charge in [-0.05, 0) is 30.3 Å². The fourth-order valence-corrected chi connectivity index (χ4v) is 4.13. The first-order valence-electron chi connectivity index (χ1n) is 9.08. The molecule has 3 rings (SSSR count). The monoisotopic (exact) mass is 485 g/mol. The highest BCUT2D eigenvalue weighted by atomic mass is 35.5. The maximum atomic E-state index is 13.0. The summed E-state index contributed by atoms with van der Waals surface area (Å²) in [7, 11) is -4.04. The second-order valence-electron chi connectivity index (χ2n) is 6.36. The van der Waals surface area contributed by atoms with Crippen LogP contribution in [-0.4, -0.2) is 19.4 Å². The number of hydrogen-bond acceptors (Lipinski definition) is 6. The quantitative estimate of drug-likeness (QED) is 0.329. The normalized spacial score (nSPS) is 11.8. The number of ether oxygens (including phenoxy) is 2. The van der Waals surface area contributed by atoms with Gasteiger partial charge in [-0.1, -0.05) is 36.7 Å². The highest BCUT2D eigenvalue weighted by Gasteiger charge is 2.32. The molecule has 0 amide bonds. The number of halogens is 4. The molecule has 0 N–H and O–H groups in total. The molecule has 0 aliphatic carbocycles. The van der Waals surface area contributed by atoms with Crippen LogP contribution >= 0.6 is 11.6 Å². The van der Waals surface area contributed by atoms with Gasteiger partial charge in [0.15, 0.2) is 5.75 Å². The number of aromatic nitrogens is 1. The van der Waals surface area contributed by atoms with Crippen LogP contribution in [0.2, 0.25) is 5.02 Å². The standard InChI is InChI=1S/C21H15ClF3NO5S/c1-2-19(27)31-17-11-14(30-20-16(22)10-13(12-26-20)21(23,24)25)8-9-18(17)32(28,29)15-6-4-3-5-7-15/h3-12H,2H2,1H3. The molecule has 11 heteroatoms. The van der Waals surface area contributed by atoms with Crippen LogP contribution < -0.4 is 9.47 Å². The smallest absolute Gasteiger partial charge is 0.417 e. The van der Waals surface area contributed by atoms with E-state index in [0.29, 0.717) is 12.3 Å². The van der Waals surface area contributed by atoms with Crippen molar-refractivity contribution in [3.05, 3.63) is 71.4 Å². The molecular formula is C21H15ClF3NO5S. The minimum absolute atomic E-state index is 0.0186. The maximum Gasteiger partial charge on any atom is 0.417 e. The topological polar surface area (TPSA) is 82.6 Å². The molecule has 1 aromatic heterocycles. The van der Waals surface area contributed by atoms with Crippen LogP contribution in [0.1, 0.15) is 18.9 Å². The average Bonchev–Trinajstić information content (AvgIpc) is 2.75. The Hall–Kier alpha value is -3.11. The van der Waals surface area contributed by atoms with Gasteiger partial charge < -0.3 is 9.47 Å². The van der Waals surface area contributed by atoms with Crippen molar-refractivity contribution in [1.29, 1.82) is 0 Å². The lowest BCUT2D eigenvalue weighted by Crippen LogP contribution is -2.11. The molecular weight excluding hydrogens is 471 g/mol. The fourth-order valence-electron chi connectivity index (χ4n) is 2.54. The first-order chi connectivity index (χ1) is 15.0. The van der Waals surface area contributed by atoms with Gasteiger partial charge in [0, 0.05) is 18.7 Å².